The molecule has 0 unspecified atom stereocenters. The first-order chi connectivity index (χ1) is 11.4. The van der Waals surface area contributed by atoms with Gasteiger partial charge in [0, 0.05) is 31.7 Å². The monoisotopic (exact) mass is 349 g/mol. The van der Waals surface area contributed by atoms with Gasteiger partial charge in [0.05, 0.1) is 6.04 Å². The van der Waals surface area contributed by atoms with Crippen LogP contribution in [0.3, 0.4) is 0 Å². The van der Waals surface area contributed by atoms with E-state index in [1.807, 2.05) is 41.1 Å². The van der Waals surface area contributed by atoms with E-state index in [1.165, 1.54) is 0 Å². The van der Waals surface area contributed by atoms with E-state index in [1.54, 1.807) is 4.90 Å². The highest BCUT2D eigenvalue weighted by Gasteiger charge is 2.48. The minimum absolute atomic E-state index is 0.0351. The fourth-order valence-electron chi connectivity index (χ4n) is 3.70. The molecule has 0 aliphatic carbocycles. The van der Waals surface area contributed by atoms with Crippen molar-refractivity contribution in [2.45, 2.75) is 38.9 Å². The summed E-state index contributed by atoms with van der Waals surface area (Å²) in [5.74, 6) is 0.416. The maximum absolute atomic E-state index is 12.9. The van der Waals surface area contributed by atoms with E-state index in [-0.39, 0.29) is 24.0 Å². The third-order valence-electron chi connectivity index (χ3n) is 4.75. The Hall–Kier alpha value is -1.75. The molecule has 24 heavy (non-hydrogen) atoms. The molecule has 0 spiro atoms. The average molecular weight is 350 g/mol. The fraction of sp³-hybridized carbons (Fsp3) is 0.556. The van der Waals surface area contributed by atoms with E-state index < -0.39 is 0 Å². The molecular formula is C18H24ClN3O2. The number of carbonyl (C=O) groups is 2. The van der Waals surface area contributed by atoms with Gasteiger partial charge >= 0.3 is 6.03 Å². The van der Waals surface area contributed by atoms with Gasteiger partial charge in [0.2, 0.25) is 5.91 Å². The molecule has 0 saturated carbocycles. The number of amides is 3. The third-order valence-corrected chi connectivity index (χ3v) is 4.99. The van der Waals surface area contributed by atoms with Crippen LogP contribution in [0, 0.1) is 5.92 Å². The summed E-state index contributed by atoms with van der Waals surface area (Å²) in [6.07, 6.45) is 0.705. The lowest BCUT2D eigenvalue weighted by molar-refractivity contribution is -0.140. The topological polar surface area (TPSA) is 43.9 Å². The van der Waals surface area contributed by atoms with Gasteiger partial charge in [0.25, 0.3) is 0 Å². The first-order valence-corrected chi connectivity index (χ1v) is 8.81. The van der Waals surface area contributed by atoms with Crippen molar-refractivity contribution < 1.29 is 9.59 Å². The van der Waals surface area contributed by atoms with Crippen molar-refractivity contribution in [2.24, 2.45) is 5.92 Å². The summed E-state index contributed by atoms with van der Waals surface area (Å²) in [5, 5.41) is 0.671. The van der Waals surface area contributed by atoms with E-state index in [4.69, 9.17) is 11.6 Å². The molecule has 1 aromatic rings. The molecule has 2 fully saturated rings. The lowest BCUT2D eigenvalue weighted by atomic mass is 9.98. The maximum Gasteiger partial charge on any atom is 0.321 e. The van der Waals surface area contributed by atoms with Gasteiger partial charge in [-0.2, -0.15) is 0 Å². The second kappa shape index (κ2) is 6.63. The fourth-order valence-corrected chi connectivity index (χ4v) is 3.91. The van der Waals surface area contributed by atoms with Crippen LogP contribution in [0.4, 0.5) is 4.79 Å². The number of carbonyl (C=O) groups excluding carboxylic acids is 2. The Labute approximate surface area is 148 Å². The number of rotatable bonds is 4. The molecule has 2 heterocycles. The molecule has 2 atom stereocenters. The number of hydrogen-bond acceptors (Lipinski definition) is 2. The Balaban J connectivity index is 1.80. The first-order valence-electron chi connectivity index (χ1n) is 8.43. The number of urea groups is 1. The second-order valence-electron chi connectivity index (χ2n) is 7.22. The molecule has 3 rings (SSSR count). The van der Waals surface area contributed by atoms with Crippen molar-refractivity contribution in [1.82, 2.24) is 14.7 Å². The standard InChI is InChI=1S/C18H24ClN3O2/c1-12(2)7-16-17(23)20(3)10-15-11-21(18(24)22(15)16)9-13-5-4-6-14(19)8-13/h4-6,8,12,15-16H,7,9-11H2,1-3H3/t15-,16-/m0/s1. The van der Waals surface area contributed by atoms with Gasteiger partial charge in [-0.3, -0.25) is 4.79 Å². The molecule has 1 aromatic carbocycles. The highest BCUT2D eigenvalue weighted by atomic mass is 35.5. The first kappa shape index (κ1) is 17.1. The molecule has 3 amide bonds. The largest absolute Gasteiger partial charge is 0.342 e. The van der Waals surface area contributed by atoms with Crippen LogP contribution in [0.15, 0.2) is 24.3 Å². The number of nitrogens with zero attached hydrogens (tertiary/aromatic N) is 3. The van der Waals surface area contributed by atoms with Crippen LogP contribution < -0.4 is 0 Å². The van der Waals surface area contributed by atoms with E-state index in [2.05, 4.69) is 13.8 Å². The smallest absolute Gasteiger partial charge is 0.321 e. The SMILES string of the molecule is CC(C)C[C@H]1C(=O)N(C)C[C@H]2CN(Cc3cccc(Cl)c3)C(=O)N21. The average Bonchev–Trinajstić information content (AvgIpc) is 2.79. The summed E-state index contributed by atoms with van der Waals surface area (Å²) in [7, 11) is 1.83. The zero-order valence-corrected chi connectivity index (χ0v) is 15.2. The van der Waals surface area contributed by atoms with Crippen molar-refractivity contribution in [2.75, 3.05) is 20.1 Å². The minimum Gasteiger partial charge on any atom is -0.342 e. The van der Waals surface area contributed by atoms with Gasteiger partial charge in [0.1, 0.15) is 6.04 Å². The number of benzene rings is 1. The Bertz CT molecular complexity index is 649. The van der Waals surface area contributed by atoms with E-state index >= 15 is 0 Å². The molecule has 2 saturated heterocycles. The van der Waals surface area contributed by atoms with Crippen LogP contribution >= 0.6 is 11.6 Å². The summed E-state index contributed by atoms with van der Waals surface area (Å²) >= 11 is 6.04. The van der Waals surface area contributed by atoms with Crippen LogP contribution in [0.2, 0.25) is 5.02 Å². The Kier molecular flexibility index (Phi) is 4.72. The zero-order valence-electron chi connectivity index (χ0n) is 14.4. The summed E-state index contributed by atoms with van der Waals surface area (Å²) in [6.45, 7) is 5.95. The van der Waals surface area contributed by atoms with Crippen molar-refractivity contribution in [3.8, 4) is 0 Å². The molecule has 0 N–H and O–H groups in total. The van der Waals surface area contributed by atoms with Gasteiger partial charge in [-0.15, -0.1) is 0 Å². The van der Waals surface area contributed by atoms with Crippen molar-refractivity contribution in [3.63, 3.8) is 0 Å². The van der Waals surface area contributed by atoms with Crippen molar-refractivity contribution in [1.29, 1.82) is 0 Å². The highest BCUT2D eigenvalue weighted by molar-refractivity contribution is 6.30. The van der Waals surface area contributed by atoms with Crippen molar-refractivity contribution in [3.05, 3.63) is 34.9 Å². The molecule has 0 radical (unpaired) electrons. The molecule has 0 bridgehead atoms. The number of fused-ring (bicyclic) bond motifs is 1. The number of hydrogen-bond donors (Lipinski definition) is 0. The predicted octanol–water partition coefficient (Wildman–Crippen LogP) is 2.83. The Morgan fingerprint density at radius 3 is 2.67 bits per heavy atom. The van der Waals surface area contributed by atoms with Crippen molar-refractivity contribution >= 4 is 23.5 Å². The van der Waals surface area contributed by atoms with Crippen LogP contribution in [0.5, 0.6) is 0 Å². The number of halogens is 1. The molecule has 2 aliphatic rings. The van der Waals surface area contributed by atoms with Crippen LogP contribution in [-0.4, -0.2) is 58.9 Å². The van der Waals surface area contributed by atoms with Crippen LogP contribution in [0.25, 0.3) is 0 Å². The van der Waals surface area contributed by atoms with Gasteiger partial charge in [-0.1, -0.05) is 37.6 Å². The Morgan fingerprint density at radius 1 is 1.25 bits per heavy atom. The third kappa shape index (κ3) is 3.22. The zero-order chi connectivity index (χ0) is 17.4. The molecule has 130 valence electrons. The van der Waals surface area contributed by atoms with Gasteiger partial charge in [-0.05, 0) is 30.0 Å². The summed E-state index contributed by atoms with van der Waals surface area (Å²) in [5.41, 5.74) is 1.01. The lowest BCUT2D eigenvalue weighted by Crippen LogP contribution is -2.60. The minimum atomic E-state index is -0.342. The maximum atomic E-state index is 12.9. The summed E-state index contributed by atoms with van der Waals surface area (Å²) in [6, 6.07) is 7.27. The summed E-state index contributed by atoms with van der Waals surface area (Å²) < 4.78 is 0. The number of piperazine rings is 1. The van der Waals surface area contributed by atoms with Crippen LogP contribution in [0.1, 0.15) is 25.8 Å². The quantitative estimate of drug-likeness (QED) is 0.839. The Morgan fingerprint density at radius 2 is 2.00 bits per heavy atom. The molecular weight excluding hydrogens is 326 g/mol. The van der Waals surface area contributed by atoms with E-state index in [0.29, 0.717) is 37.0 Å². The molecule has 5 nitrogen and oxygen atoms in total. The molecule has 6 heteroatoms. The van der Waals surface area contributed by atoms with E-state index in [0.717, 1.165) is 5.56 Å². The van der Waals surface area contributed by atoms with E-state index in [9.17, 15) is 9.59 Å². The summed E-state index contributed by atoms with van der Waals surface area (Å²) in [4.78, 5) is 30.9. The predicted molar refractivity (Wildman–Crippen MR) is 93.8 cm³/mol. The van der Waals surface area contributed by atoms with Crippen LogP contribution in [-0.2, 0) is 11.3 Å². The highest BCUT2D eigenvalue weighted by Crippen LogP contribution is 2.29. The normalized spacial score (nSPS) is 24.1. The van der Waals surface area contributed by atoms with Gasteiger partial charge in [0.15, 0.2) is 0 Å². The molecule has 2 aliphatic heterocycles. The van der Waals surface area contributed by atoms with Gasteiger partial charge < -0.3 is 14.7 Å². The molecule has 0 aromatic heterocycles. The lowest BCUT2D eigenvalue weighted by Gasteiger charge is -2.41. The number of likely N-dealkylation sites (N-methyl/N-ethyl adjacent to an activating group) is 1. The van der Waals surface area contributed by atoms with Gasteiger partial charge in [-0.25, -0.2) is 4.79 Å². The second-order valence-corrected chi connectivity index (χ2v) is 7.65.